The number of carbonyl (C=O) groups is 1. The predicted molar refractivity (Wildman–Crippen MR) is 71.5 cm³/mol. The monoisotopic (exact) mass is 281 g/mol. The van der Waals surface area contributed by atoms with Gasteiger partial charge in [0.25, 0.3) is 5.91 Å². The molecule has 2 N–H and O–H groups in total. The van der Waals surface area contributed by atoms with Gasteiger partial charge >= 0.3 is 5.92 Å². The van der Waals surface area contributed by atoms with E-state index in [1.807, 2.05) is 37.3 Å². The van der Waals surface area contributed by atoms with Crippen molar-refractivity contribution in [2.24, 2.45) is 0 Å². The summed E-state index contributed by atoms with van der Waals surface area (Å²) in [5.41, 5.74) is 0.963. The summed E-state index contributed by atoms with van der Waals surface area (Å²) in [5, 5.41) is 12.2. The molecule has 1 aromatic rings. The van der Waals surface area contributed by atoms with E-state index in [1.165, 1.54) is 12.2 Å². The van der Waals surface area contributed by atoms with Crippen molar-refractivity contribution in [3.63, 3.8) is 0 Å². The number of nitrogens with one attached hydrogen (secondary N) is 1. The van der Waals surface area contributed by atoms with E-state index >= 15 is 0 Å². The van der Waals surface area contributed by atoms with Crippen LogP contribution in [0.5, 0.6) is 0 Å². The highest BCUT2D eigenvalue weighted by Crippen LogP contribution is 2.27. The van der Waals surface area contributed by atoms with E-state index in [4.69, 9.17) is 0 Å². The fourth-order valence-electron chi connectivity index (χ4n) is 2.18. The van der Waals surface area contributed by atoms with Crippen molar-refractivity contribution < 1.29 is 18.7 Å². The minimum atomic E-state index is -3.31. The summed E-state index contributed by atoms with van der Waals surface area (Å²) in [6, 6.07) is 8.70. The highest BCUT2D eigenvalue weighted by molar-refractivity contribution is 5.86. The first-order chi connectivity index (χ1) is 9.40. The number of alkyl halides is 2. The number of halogens is 2. The van der Waals surface area contributed by atoms with Gasteiger partial charge in [-0.1, -0.05) is 49.4 Å². The summed E-state index contributed by atoms with van der Waals surface area (Å²) in [7, 11) is 0. The quantitative estimate of drug-likeness (QED) is 0.831. The van der Waals surface area contributed by atoms with Crippen molar-refractivity contribution in [3.8, 4) is 0 Å². The van der Waals surface area contributed by atoms with Crippen molar-refractivity contribution in [1.82, 2.24) is 5.32 Å². The molecule has 0 aromatic heterocycles. The molecule has 1 aliphatic rings. The molecule has 0 spiro atoms. The normalized spacial score (nSPS) is 24.6. The number of carbonyl (C=O) groups excluding carboxylic acids is 1. The lowest BCUT2D eigenvalue weighted by molar-refractivity contribution is -0.139. The molecule has 1 saturated heterocycles. The number of aliphatic hydroxyl groups is 1. The lowest BCUT2D eigenvalue weighted by Crippen LogP contribution is -2.30. The first kappa shape index (κ1) is 14.7. The van der Waals surface area contributed by atoms with Gasteiger partial charge in [-0.15, -0.1) is 0 Å². The van der Waals surface area contributed by atoms with E-state index in [1.54, 1.807) is 0 Å². The minimum absolute atomic E-state index is 0.148. The summed E-state index contributed by atoms with van der Waals surface area (Å²) in [4.78, 5) is 10.9. The second-order valence-corrected chi connectivity index (χ2v) is 5.06. The molecule has 1 heterocycles. The highest BCUT2D eigenvalue weighted by atomic mass is 19.3. The van der Waals surface area contributed by atoms with Crippen LogP contribution >= 0.6 is 0 Å². The number of amides is 1. The van der Waals surface area contributed by atoms with E-state index in [-0.39, 0.29) is 5.92 Å². The van der Waals surface area contributed by atoms with Crippen LogP contribution in [-0.4, -0.2) is 29.1 Å². The van der Waals surface area contributed by atoms with Gasteiger partial charge in [0.05, 0.1) is 12.1 Å². The first-order valence-corrected chi connectivity index (χ1v) is 6.50. The predicted octanol–water partition coefficient (Wildman–Crippen LogP) is 2.23. The average Bonchev–Trinajstić information content (AvgIpc) is 2.69. The average molecular weight is 281 g/mol. The van der Waals surface area contributed by atoms with E-state index in [2.05, 4.69) is 5.32 Å². The number of rotatable bonds is 4. The molecule has 5 heteroatoms. The molecule has 2 rings (SSSR count). The Morgan fingerprint density at radius 3 is 2.60 bits per heavy atom. The molecule has 3 atom stereocenters. The number of benzene rings is 1. The Morgan fingerprint density at radius 1 is 1.40 bits per heavy atom. The van der Waals surface area contributed by atoms with Crippen LogP contribution in [0, 0.1) is 0 Å². The number of aliphatic hydroxyl groups excluding tert-OH is 1. The van der Waals surface area contributed by atoms with Gasteiger partial charge in [0.1, 0.15) is 0 Å². The standard InChI is InChI=1S/C15H17F2NO2/c1-10(11-5-3-2-4-6-11)13(19)8-7-12-9-15(16,17)14(20)18-12/h2-8,10,12-13,19H,9H2,1H3,(H,18,20)/b8-7+/t10-,12-,13-/m0/s1. The number of hydrogen-bond acceptors (Lipinski definition) is 2. The third kappa shape index (κ3) is 3.22. The summed E-state index contributed by atoms with van der Waals surface area (Å²) in [6.45, 7) is 1.85. The summed E-state index contributed by atoms with van der Waals surface area (Å²) < 4.78 is 26.1. The molecule has 20 heavy (non-hydrogen) atoms. The topological polar surface area (TPSA) is 49.3 Å². The molecular formula is C15H17F2NO2. The van der Waals surface area contributed by atoms with Crippen LogP contribution in [0.2, 0.25) is 0 Å². The minimum Gasteiger partial charge on any atom is -0.388 e. The molecular weight excluding hydrogens is 264 g/mol. The molecule has 1 fully saturated rings. The van der Waals surface area contributed by atoms with Crippen molar-refractivity contribution in [3.05, 3.63) is 48.0 Å². The van der Waals surface area contributed by atoms with Crippen LogP contribution in [0.25, 0.3) is 0 Å². The van der Waals surface area contributed by atoms with Gasteiger partial charge in [0, 0.05) is 12.3 Å². The Morgan fingerprint density at radius 2 is 2.05 bits per heavy atom. The van der Waals surface area contributed by atoms with Crippen LogP contribution in [-0.2, 0) is 4.79 Å². The fraction of sp³-hybridized carbons (Fsp3) is 0.400. The van der Waals surface area contributed by atoms with Crippen LogP contribution in [0.4, 0.5) is 8.78 Å². The van der Waals surface area contributed by atoms with Crippen LogP contribution < -0.4 is 5.32 Å². The molecule has 3 nitrogen and oxygen atoms in total. The summed E-state index contributed by atoms with van der Waals surface area (Å²) in [6.07, 6.45) is 1.55. The van der Waals surface area contributed by atoms with E-state index < -0.39 is 30.4 Å². The Labute approximate surface area is 116 Å². The van der Waals surface area contributed by atoms with Gasteiger partial charge in [-0.25, -0.2) is 0 Å². The zero-order chi connectivity index (χ0) is 14.8. The van der Waals surface area contributed by atoms with Gasteiger partial charge in [-0.2, -0.15) is 8.78 Å². The maximum absolute atomic E-state index is 13.0. The third-order valence-corrected chi connectivity index (χ3v) is 3.50. The van der Waals surface area contributed by atoms with E-state index in [0.717, 1.165) is 5.56 Å². The van der Waals surface area contributed by atoms with Gasteiger partial charge in [-0.3, -0.25) is 4.79 Å². The van der Waals surface area contributed by atoms with E-state index in [9.17, 15) is 18.7 Å². The molecule has 1 amide bonds. The third-order valence-electron chi connectivity index (χ3n) is 3.50. The van der Waals surface area contributed by atoms with Gasteiger partial charge in [0.15, 0.2) is 0 Å². The van der Waals surface area contributed by atoms with Crippen LogP contribution in [0.1, 0.15) is 24.8 Å². The molecule has 0 bridgehead atoms. The van der Waals surface area contributed by atoms with Gasteiger partial charge in [-0.05, 0) is 5.56 Å². The molecule has 0 saturated carbocycles. The second-order valence-electron chi connectivity index (χ2n) is 5.06. The highest BCUT2D eigenvalue weighted by Gasteiger charge is 2.47. The molecule has 108 valence electrons. The fourth-order valence-corrected chi connectivity index (χ4v) is 2.18. The molecule has 0 radical (unpaired) electrons. The van der Waals surface area contributed by atoms with Gasteiger partial charge in [0.2, 0.25) is 0 Å². The Hall–Kier alpha value is -1.75. The number of hydrogen-bond donors (Lipinski definition) is 2. The molecule has 1 aromatic carbocycles. The molecule has 1 aliphatic heterocycles. The smallest absolute Gasteiger partial charge is 0.326 e. The zero-order valence-corrected chi connectivity index (χ0v) is 11.1. The van der Waals surface area contributed by atoms with Crippen LogP contribution in [0.15, 0.2) is 42.5 Å². The van der Waals surface area contributed by atoms with Gasteiger partial charge < -0.3 is 10.4 Å². The zero-order valence-electron chi connectivity index (χ0n) is 11.1. The van der Waals surface area contributed by atoms with Crippen molar-refractivity contribution in [1.29, 1.82) is 0 Å². The maximum atomic E-state index is 13.0. The molecule has 0 aliphatic carbocycles. The van der Waals surface area contributed by atoms with Crippen molar-refractivity contribution >= 4 is 5.91 Å². The van der Waals surface area contributed by atoms with Crippen molar-refractivity contribution in [2.75, 3.05) is 0 Å². The second kappa shape index (κ2) is 5.71. The van der Waals surface area contributed by atoms with Crippen LogP contribution in [0.3, 0.4) is 0 Å². The molecule has 0 unspecified atom stereocenters. The van der Waals surface area contributed by atoms with Crippen molar-refractivity contribution in [2.45, 2.75) is 37.3 Å². The SMILES string of the molecule is C[C@@H](c1ccccc1)[C@@H](O)/C=C/[C@H]1CC(F)(F)C(=O)N1. The Bertz CT molecular complexity index is 502. The lowest BCUT2D eigenvalue weighted by Gasteiger charge is -2.16. The summed E-state index contributed by atoms with van der Waals surface area (Å²) in [5.74, 6) is -4.71. The Kier molecular flexibility index (Phi) is 4.18. The largest absolute Gasteiger partial charge is 0.388 e. The summed E-state index contributed by atoms with van der Waals surface area (Å²) >= 11 is 0. The first-order valence-electron chi connectivity index (χ1n) is 6.50. The lowest BCUT2D eigenvalue weighted by atomic mass is 9.95. The maximum Gasteiger partial charge on any atom is 0.326 e. The Balaban J connectivity index is 1.97. The van der Waals surface area contributed by atoms with E-state index in [0.29, 0.717) is 0 Å².